The van der Waals surface area contributed by atoms with Crippen molar-refractivity contribution in [2.45, 2.75) is 103 Å². The molecule has 1 N–H and O–H groups in total. The van der Waals surface area contributed by atoms with Gasteiger partial charge in [0.1, 0.15) is 0 Å². The second kappa shape index (κ2) is 6.58. The van der Waals surface area contributed by atoms with Crippen LogP contribution in [0.15, 0.2) is 11.6 Å². The summed E-state index contributed by atoms with van der Waals surface area (Å²) in [5, 5.41) is 10.3. The zero-order valence-corrected chi connectivity index (χ0v) is 19.5. The molecule has 3 saturated carbocycles. The summed E-state index contributed by atoms with van der Waals surface area (Å²) in [4.78, 5) is 0. The summed E-state index contributed by atoms with van der Waals surface area (Å²) in [7, 11) is 0. The van der Waals surface area contributed by atoms with Crippen molar-refractivity contribution in [2.75, 3.05) is 6.61 Å². The van der Waals surface area contributed by atoms with E-state index in [0.29, 0.717) is 34.7 Å². The first-order valence-electron chi connectivity index (χ1n) is 13.0. The molecule has 6 rings (SSSR count). The van der Waals surface area contributed by atoms with Crippen LogP contribution in [0.1, 0.15) is 85.5 Å². The quantitative estimate of drug-likeness (QED) is 0.516. The molecule has 0 unspecified atom stereocenters. The first-order valence-corrected chi connectivity index (χ1v) is 13.0. The molecule has 168 valence electrons. The standard InChI is InChI=1S/C27H42O3/c1-16-7-12-27(29-15-16)17(2)24-23(30-27)14-22-20-6-5-18-13-19(28)8-10-25(18,3)21(20)9-11-26(22,24)4/h5,16-17,19-24,28H,6-15H2,1-4H3/t16-,17+,19-,20+,21-,22-,23-,24-,25-,26-,27+/m0/s1. The lowest BCUT2D eigenvalue weighted by atomic mass is 9.47. The minimum absolute atomic E-state index is 0.107. The SMILES string of the molecule is C[C@H]1CC[C@@]2(OC1)O[C@H]1C[C@H]3[C@@H]4CC=C5C[C@@H](O)CC[C@]5(C)[C@H]4CC[C@]3(C)[C@H]1[C@H]2C. The second-order valence-electron chi connectivity index (χ2n) is 12.7. The zero-order valence-electron chi connectivity index (χ0n) is 19.5. The van der Waals surface area contributed by atoms with Crippen molar-refractivity contribution in [3.8, 4) is 0 Å². The van der Waals surface area contributed by atoms with Gasteiger partial charge in [-0.2, -0.15) is 0 Å². The van der Waals surface area contributed by atoms with E-state index in [0.717, 1.165) is 43.6 Å². The third-order valence-corrected chi connectivity index (χ3v) is 11.3. The highest BCUT2D eigenvalue weighted by Crippen LogP contribution is 2.70. The number of fused-ring (bicyclic) bond motifs is 7. The Labute approximate surface area is 183 Å². The maximum Gasteiger partial charge on any atom is 0.171 e. The van der Waals surface area contributed by atoms with Gasteiger partial charge in [-0.25, -0.2) is 0 Å². The molecule has 30 heavy (non-hydrogen) atoms. The normalized spacial score (nSPS) is 59.8. The van der Waals surface area contributed by atoms with Crippen LogP contribution in [0.5, 0.6) is 0 Å². The Morgan fingerprint density at radius 3 is 2.63 bits per heavy atom. The van der Waals surface area contributed by atoms with Crippen LogP contribution in [0.4, 0.5) is 0 Å². The Hall–Kier alpha value is -0.380. The number of allylic oxidation sites excluding steroid dienone is 1. The highest BCUT2D eigenvalue weighted by Gasteiger charge is 2.68. The first-order chi connectivity index (χ1) is 14.3. The van der Waals surface area contributed by atoms with Crippen molar-refractivity contribution < 1.29 is 14.6 Å². The lowest BCUT2D eigenvalue weighted by Gasteiger charge is -2.58. The van der Waals surface area contributed by atoms with Crippen LogP contribution in [-0.2, 0) is 9.47 Å². The summed E-state index contributed by atoms with van der Waals surface area (Å²) in [5.41, 5.74) is 2.31. The summed E-state index contributed by atoms with van der Waals surface area (Å²) < 4.78 is 13.3. The van der Waals surface area contributed by atoms with Gasteiger partial charge in [0.2, 0.25) is 0 Å². The Morgan fingerprint density at radius 2 is 1.87 bits per heavy atom. The van der Waals surface area contributed by atoms with Crippen molar-refractivity contribution in [3.63, 3.8) is 0 Å². The molecule has 0 radical (unpaired) electrons. The van der Waals surface area contributed by atoms with Crippen molar-refractivity contribution >= 4 is 0 Å². The van der Waals surface area contributed by atoms with Gasteiger partial charge >= 0.3 is 0 Å². The topological polar surface area (TPSA) is 38.7 Å². The molecule has 0 aromatic rings. The lowest BCUT2D eigenvalue weighted by molar-refractivity contribution is -0.272. The van der Waals surface area contributed by atoms with E-state index in [1.807, 2.05) is 0 Å². The highest BCUT2D eigenvalue weighted by molar-refractivity contribution is 5.26. The Bertz CT molecular complexity index is 736. The fourth-order valence-electron chi connectivity index (χ4n) is 9.66. The summed E-state index contributed by atoms with van der Waals surface area (Å²) in [6.45, 7) is 10.8. The van der Waals surface area contributed by atoms with Gasteiger partial charge < -0.3 is 14.6 Å². The van der Waals surface area contributed by atoms with E-state index >= 15 is 0 Å². The third kappa shape index (κ3) is 2.55. The van der Waals surface area contributed by atoms with Gasteiger partial charge in [-0.1, -0.05) is 39.3 Å². The van der Waals surface area contributed by atoms with E-state index in [1.165, 1.54) is 38.5 Å². The van der Waals surface area contributed by atoms with Gasteiger partial charge in [-0.05, 0) is 91.8 Å². The van der Waals surface area contributed by atoms with Crippen LogP contribution in [0.3, 0.4) is 0 Å². The van der Waals surface area contributed by atoms with Gasteiger partial charge in [-0.3, -0.25) is 0 Å². The molecule has 2 heterocycles. The molecule has 1 spiro atoms. The molecule has 6 aliphatic rings. The van der Waals surface area contributed by atoms with E-state index in [9.17, 15) is 5.11 Å². The van der Waals surface area contributed by atoms with Crippen molar-refractivity contribution in [3.05, 3.63) is 11.6 Å². The van der Waals surface area contributed by atoms with E-state index < -0.39 is 0 Å². The molecule has 2 saturated heterocycles. The maximum atomic E-state index is 10.3. The Kier molecular flexibility index (Phi) is 4.44. The average molecular weight is 415 g/mol. The molecule has 0 aromatic heterocycles. The molecule has 4 aliphatic carbocycles. The largest absolute Gasteiger partial charge is 0.393 e. The molecular weight excluding hydrogens is 372 g/mol. The van der Waals surface area contributed by atoms with Crippen molar-refractivity contribution in [2.24, 2.45) is 46.3 Å². The summed E-state index contributed by atoms with van der Waals surface area (Å²) in [6, 6.07) is 0. The molecular formula is C27H42O3. The molecule has 2 aliphatic heterocycles. The van der Waals surface area contributed by atoms with Crippen LogP contribution >= 0.6 is 0 Å². The number of hydrogen-bond donors (Lipinski definition) is 1. The number of aliphatic hydroxyl groups excluding tert-OH is 1. The summed E-state index contributed by atoms with van der Waals surface area (Å²) in [6.07, 6.45) is 13.5. The molecule has 3 heteroatoms. The molecule has 11 atom stereocenters. The van der Waals surface area contributed by atoms with E-state index in [1.54, 1.807) is 5.57 Å². The third-order valence-electron chi connectivity index (χ3n) is 11.3. The monoisotopic (exact) mass is 414 g/mol. The zero-order chi connectivity index (χ0) is 20.9. The summed E-state index contributed by atoms with van der Waals surface area (Å²) >= 11 is 0. The van der Waals surface area contributed by atoms with E-state index in [-0.39, 0.29) is 11.9 Å². The minimum Gasteiger partial charge on any atom is -0.393 e. The van der Waals surface area contributed by atoms with Crippen molar-refractivity contribution in [1.29, 1.82) is 0 Å². The number of ether oxygens (including phenoxy) is 2. The van der Waals surface area contributed by atoms with Crippen LogP contribution in [0, 0.1) is 46.3 Å². The van der Waals surface area contributed by atoms with Gasteiger partial charge in [-0.15, -0.1) is 0 Å². The predicted octanol–water partition coefficient (Wildman–Crippen LogP) is 5.71. The first kappa shape index (κ1) is 20.2. The Morgan fingerprint density at radius 1 is 1.03 bits per heavy atom. The van der Waals surface area contributed by atoms with Crippen LogP contribution in [0.25, 0.3) is 0 Å². The predicted molar refractivity (Wildman–Crippen MR) is 118 cm³/mol. The smallest absolute Gasteiger partial charge is 0.171 e. The number of rotatable bonds is 0. The van der Waals surface area contributed by atoms with E-state index in [2.05, 4.69) is 33.8 Å². The van der Waals surface area contributed by atoms with Gasteiger partial charge in [0.25, 0.3) is 0 Å². The molecule has 0 bridgehead atoms. The molecule has 5 fully saturated rings. The van der Waals surface area contributed by atoms with Crippen LogP contribution in [0.2, 0.25) is 0 Å². The fraction of sp³-hybridized carbons (Fsp3) is 0.926. The highest BCUT2D eigenvalue weighted by atomic mass is 16.7. The maximum absolute atomic E-state index is 10.3. The van der Waals surface area contributed by atoms with Gasteiger partial charge in [0.05, 0.1) is 18.8 Å². The summed E-state index contributed by atoms with van der Waals surface area (Å²) in [5.74, 6) is 3.94. The molecule has 0 aromatic carbocycles. The van der Waals surface area contributed by atoms with Gasteiger partial charge in [0.15, 0.2) is 5.79 Å². The molecule has 3 nitrogen and oxygen atoms in total. The fourth-order valence-corrected chi connectivity index (χ4v) is 9.66. The average Bonchev–Trinajstić information content (AvgIpc) is 3.16. The Balaban J connectivity index is 1.28. The number of hydrogen-bond acceptors (Lipinski definition) is 3. The molecule has 0 amide bonds. The second-order valence-corrected chi connectivity index (χ2v) is 12.7. The van der Waals surface area contributed by atoms with Crippen LogP contribution < -0.4 is 0 Å². The lowest BCUT2D eigenvalue weighted by Crippen LogP contribution is -2.52. The van der Waals surface area contributed by atoms with E-state index in [4.69, 9.17) is 9.47 Å². The minimum atomic E-state index is -0.294. The number of aliphatic hydroxyl groups is 1. The van der Waals surface area contributed by atoms with Gasteiger partial charge in [0, 0.05) is 12.3 Å². The van der Waals surface area contributed by atoms with Crippen molar-refractivity contribution in [1.82, 2.24) is 0 Å². The van der Waals surface area contributed by atoms with Crippen LogP contribution in [-0.4, -0.2) is 29.7 Å².